The number of hydrogen-bond acceptors (Lipinski definition) is 3. The van der Waals surface area contributed by atoms with E-state index in [2.05, 4.69) is 39.9 Å². The van der Waals surface area contributed by atoms with Crippen LogP contribution in [0.15, 0.2) is 66.9 Å². The number of nitrogens with zero attached hydrogens (tertiary/aromatic N) is 3. The Kier molecular flexibility index (Phi) is 4.35. The number of fused-ring (bicyclic) bond motifs is 2. The fourth-order valence-electron chi connectivity index (χ4n) is 4.41. The first-order valence-electron chi connectivity index (χ1n) is 9.93. The predicted molar refractivity (Wildman–Crippen MR) is 112 cm³/mol. The topological polar surface area (TPSA) is 68.0 Å². The minimum atomic E-state index is -0.961. The molecule has 1 aliphatic carbocycles. The molecule has 1 N–H and O–H groups in total. The number of carboxylic acid groups (broad SMARTS) is 1. The zero-order chi connectivity index (χ0) is 19.8. The fourth-order valence-corrected chi connectivity index (χ4v) is 4.41. The first-order chi connectivity index (χ1) is 14.2. The van der Waals surface area contributed by atoms with Crippen LogP contribution in [0.4, 0.5) is 0 Å². The van der Waals surface area contributed by atoms with E-state index in [1.54, 1.807) is 12.3 Å². The van der Waals surface area contributed by atoms with Gasteiger partial charge in [0.05, 0.1) is 16.6 Å². The monoisotopic (exact) mass is 383 g/mol. The summed E-state index contributed by atoms with van der Waals surface area (Å²) < 4.78 is 2.20. The van der Waals surface area contributed by atoms with Crippen molar-refractivity contribution in [3.05, 3.63) is 83.6 Å². The van der Waals surface area contributed by atoms with Crippen molar-refractivity contribution < 1.29 is 9.90 Å². The highest BCUT2D eigenvalue weighted by Crippen LogP contribution is 2.35. The molecule has 4 aromatic rings. The summed E-state index contributed by atoms with van der Waals surface area (Å²) >= 11 is 0. The number of imidazole rings is 1. The summed E-state index contributed by atoms with van der Waals surface area (Å²) in [6, 6.07) is 19.9. The number of pyridine rings is 1. The van der Waals surface area contributed by atoms with Crippen LogP contribution in [0.1, 0.15) is 40.2 Å². The highest BCUT2D eigenvalue weighted by Gasteiger charge is 2.23. The van der Waals surface area contributed by atoms with E-state index in [9.17, 15) is 9.90 Å². The van der Waals surface area contributed by atoms with Crippen LogP contribution < -0.4 is 0 Å². The van der Waals surface area contributed by atoms with Crippen LogP contribution >= 0.6 is 0 Å². The summed E-state index contributed by atoms with van der Waals surface area (Å²) in [5.41, 5.74) is 5.60. The van der Waals surface area contributed by atoms with Gasteiger partial charge in [0.15, 0.2) is 5.82 Å². The van der Waals surface area contributed by atoms with Gasteiger partial charge in [-0.05, 0) is 54.7 Å². The maximum atomic E-state index is 11.4. The molecule has 0 saturated heterocycles. The van der Waals surface area contributed by atoms with Crippen LogP contribution in [0.5, 0.6) is 0 Å². The molecule has 0 aliphatic heterocycles. The molecule has 0 spiro atoms. The average molecular weight is 383 g/mol. The predicted octanol–water partition coefficient (Wildman–Crippen LogP) is 4.92. The van der Waals surface area contributed by atoms with E-state index >= 15 is 0 Å². The minimum absolute atomic E-state index is 0.219. The van der Waals surface area contributed by atoms with Gasteiger partial charge in [-0.2, -0.15) is 0 Å². The van der Waals surface area contributed by atoms with Crippen molar-refractivity contribution in [2.24, 2.45) is 0 Å². The van der Waals surface area contributed by atoms with Gasteiger partial charge in [0.1, 0.15) is 5.69 Å². The summed E-state index contributed by atoms with van der Waals surface area (Å²) in [4.78, 5) is 20.7. The third kappa shape index (κ3) is 3.18. The van der Waals surface area contributed by atoms with Crippen LogP contribution in [0, 0.1) is 0 Å². The van der Waals surface area contributed by atoms with Crippen LogP contribution in [0.25, 0.3) is 22.6 Å². The Morgan fingerprint density at radius 1 is 1.10 bits per heavy atom. The molecule has 5 nitrogen and oxygen atoms in total. The van der Waals surface area contributed by atoms with Crippen LogP contribution in [0.3, 0.4) is 0 Å². The Morgan fingerprint density at radius 2 is 1.93 bits per heavy atom. The lowest BCUT2D eigenvalue weighted by Gasteiger charge is -2.26. The van der Waals surface area contributed by atoms with Crippen molar-refractivity contribution in [1.29, 1.82) is 0 Å². The number of carbonyl (C=O) groups is 1. The zero-order valence-electron chi connectivity index (χ0n) is 16.0. The van der Waals surface area contributed by atoms with Crippen molar-refractivity contribution in [1.82, 2.24) is 14.5 Å². The minimum Gasteiger partial charge on any atom is -0.478 e. The van der Waals surface area contributed by atoms with E-state index in [-0.39, 0.29) is 5.56 Å². The number of hydrogen-bond donors (Lipinski definition) is 1. The molecule has 5 heteroatoms. The maximum absolute atomic E-state index is 11.4. The Hall–Kier alpha value is -3.47. The summed E-state index contributed by atoms with van der Waals surface area (Å²) in [5.74, 6) is 0.161. The molecular weight excluding hydrogens is 362 g/mol. The third-order valence-electron chi connectivity index (χ3n) is 5.79. The van der Waals surface area contributed by atoms with Crippen LogP contribution in [-0.4, -0.2) is 25.6 Å². The van der Waals surface area contributed by atoms with Crippen molar-refractivity contribution in [2.75, 3.05) is 0 Å². The van der Waals surface area contributed by atoms with Gasteiger partial charge in [0, 0.05) is 18.7 Å². The van der Waals surface area contributed by atoms with Crippen molar-refractivity contribution in [3.63, 3.8) is 0 Å². The second-order valence-electron chi connectivity index (χ2n) is 7.56. The van der Waals surface area contributed by atoms with E-state index in [1.807, 2.05) is 18.2 Å². The number of aryl methyl sites for hydroxylation is 1. The van der Waals surface area contributed by atoms with Gasteiger partial charge in [-0.3, -0.25) is 4.98 Å². The van der Waals surface area contributed by atoms with Crippen molar-refractivity contribution >= 4 is 17.0 Å². The van der Waals surface area contributed by atoms with E-state index in [4.69, 9.17) is 4.98 Å². The molecule has 0 amide bonds. The molecule has 1 atom stereocenters. The van der Waals surface area contributed by atoms with Crippen molar-refractivity contribution in [2.45, 2.75) is 31.7 Å². The second kappa shape index (κ2) is 7.17. The summed E-state index contributed by atoms with van der Waals surface area (Å²) in [7, 11) is 0. The quantitative estimate of drug-likeness (QED) is 0.543. The van der Waals surface area contributed by atoms with Gasteiger partial charge < -0.3 is 9.67 Å². The molecule has 0 bridgehead atoms. The van der Waals surface area contributed by atoms with Gasteiger partial charge in [0.2, 0.25) is 0 Å². The maximum Gasteiger partial charge on any atom is 0.335 e. The molecule has 144 valence electrons. The Labute approximate surface area is 168 Å². The Bertz CT molecular complexity index is 1210. The number of aromatic nitrogens is 3. The second-order valence-corrected chi connectivity index (χ2v) is 7.56. The molecule has 0 radical (unpaired) electrons. The number of benzene rings is 2. The third-order valence-corrected chi connectivity index (χ3v) is 5.79. The molecule has 2 heterocycles. The zero-order valence-corrected chi connectivity index (χ0v) is 16.0. The van der Waals surface area contributed by atoms with Gasteiger partial charge >= 0.3 is 5.97 Å². The lowest BCUT2D eigenvalue weighted by atomic mass is 9.83. The average Bonchev–Trinajstić information content (AvgIpc) is 3.13. The molecule has 2 aromatic carbocycles. The first kappa shape index (κ1) is 17.6. The number of carboxylic acids is 1. The molecule has 1 unspecified atom stereocenters. The molecule has 5 rings (SSSR count). The summed E-state index contributed by atoms with van der Waals surface area (Å²) in [5, 5.41) is 9.38. The molecular formula is C24H21N3O2. The van der Waals surface area contributed by atoms with Gasteiger partial charge in [-0.15, -0.1) is 0 Å². The summed E-state index contributed by atoms with van der Waals surface area (Å²) in [6.07, 6.45) is 4.98. The Morgan fingerprint density at radius 3 is 2.83 bits per heavy atom. The standard InChI is InChI=1S/C24H21N3O2/c28-24(29)17-12-13-25-21(14-17)23-26-20-10-3-4-11-22(20)27(23)15-18-8-5-7-16-6-1-2-9-19(16)18/h1-4,6,9-14,18H,5,7-8,15H2,(H,28,29). The fraction of sp³-hybridized carbons (Fsp3) is 0.208. The number of rotatable bonds is 4. The van der Waals surface area contributed by atoms with Gasteiger partial charge in [0.25, 0.3) is 0 Å². The van der Waals surface area contributed by atoms with E-state index in [0.29, 0.717) is 11.6 Å². The normalized spacial score (nSPS) is 15.9. The molecule has 1 aliphatic rings. The smallest absolute Gasteiger partial charge is 0.335 e. The lowest BCUT2D eigenvalue weighted by Crippen LogP contribution is -2.16. The summed E-state index contributed by atoms with van der Waals surface area (Å²) in [6.45, 7) is 0.797. The van der Waals surface area contributed by atoms with Crippen LogP contribution in [-0.2, 0) is 13.0 Å². The molecule has 2 aromatic heterocycles. The van der Waals surface area contributed by atoms with Gasteiger partial charge in [-0.1, -0.05) is 36.4 Å². The van der Waals surface area contributed by atoms with E-state index < -0.39 is 5.97 Å². The largest absolute Gasteiger partial charge is 0.478 e. The SMILES string of the molecule is O=C(O)c1ccnc(-c2nc3ccccc3n2CC2CCCc3ccccc32)c1. The number of aromatic carboxylic acids is 1. The highest BCUT2D eigenvalue weighted by molar-refractivity contribution is 5.89. The van der Waals surface area contributed by atoms with Crippen LogP contribution in [0.2, 0.25) is 0 Å². The van der Waals surface area contributed by atoms with Crippen molar-refractivity contribution in [3.8, 4) is 11.5 Å². The number of para-hydroxylation sites is 2. The Balaban J connectivity index is 1.63. The highest BCUT2D eigenvalue weighted by atomic mass is 16.4. The molecule has 0 fully saturated rings. The van der Waals surface area contributed by atoms with E-state index in [1.165, 1.54) is 23.6 Å². The van der Waals surface area contributed by atoms with E-state index in [0.717, 1.165) is 36.2 Å². The van der Waals surface area contributed by atoms with Gasteiger partial charge in [-0.25, -0.2) is 9.78 Å². The lowest BCUT2D eigenvalue weighted by molar-refractivity contribution is 0.0697. The molecule has 29 heavy (non-hydrogen) atoms. The first-order valence-corrected chi connectivity index (χ1v) is 9.93. The molecule has 0 saturated carbocycles.